The number of piperazine rings is 1. The Morgan fingerprint density at radius 1 is 1.00 bits per heavy atom. The van der Waals surface area contributed by atoms with Crippen LogP contribution in [0.5, 0.6) is 0 Å². The lowest BCUT2D eigenvalue weighted by molar-refractivity contribution is -0.143. The molecular formula is C26H21F6N5O3S. The van der Waals surface area contributed by atoms with Gasteiger partial charge in [-0.1, -0.05) is 12.1 Å². The molecule has 0 radical (unpaired) electrons. The van der Waals surface area contributed by atoms with E-state index in [-0.39, 0.29) is 18.2 Å². The third kappa shape index (κ3) is 6.40. The van der Waals surface area contributed by atoms with Crippen LogP contribution < -0.4 is 0 Å². The number of amides is 1. The molecule has 5 rings (SSSR count). The summed E-state index contributed by atoms with van der Waals surface area (Å²) in [6.07, 6.45) is -6.84. The van der Waals surface area contributed by atoms with Crippen LogP contribution in [0.4, 0.5) is 26.3 Å². The number of hydrogen-bond acceptors (Lipinski definition) is 6. The second kappa shape index (κ2) is 10.9. The van der Waals surface area contributed by atoms with Gasteiger partial charge in [0.25, 0.3) is 5.91 Å². The van der Waals surface area contributed by atoms with Gasteiger partial charge in [-0.3, -0.25) is 19.2 Å². The molecule has 0 unspecified atom stereocenters. The highest BCUT2D eigenvalue weighted by molar-refractivity contribution is 8.18. The van der Waals surface area contributed by atoms with Crippen LogP contribution in [0.15, 0.2) is 52.5 Å². The third-order valence-electron chi connectivity index (χ3n) is 6.64. The Morgan fingerprint density at radius 3 is 2.39 bits per heavy atom. The molecule has 1 amide bonds. The van der Waals surface area contributed by atoms with Crippen LogP contribution in [-0.4, -0.2) is 74.5 Å². The Balaban J connectivity index is 1.31. The molecule has 0 spiro atoms. The van der Waals surface area contributed by atoms with Gasteiger partial charge in [0.2, 0.25) is 0 Å². The van der Waals surface area contributed by atoms with E-state index < -0.39 is 41.9 Å². The average Bonchev–Trinajstić information content (AvgIpc) is 3.45. The zero-order valence-electron chi connectivity index (χ0n) is 21.0. The fourth-order valence-corrected chi connectivity index (χ4v) is 5.58. The van der Waals surface area contributed by atoms with Crippen molar-refractivity contribution in [1.82, 2.24) is 19.6 Å². The van der Waals surface area contributed by atoms with Gasteiger partial charge < -0.3 is 10.0 Å². The van der Waals surface area contributed by atoms with Crippen molar-refractivity contribution < 1.29 is 41.0 Å². The number of alkyl halides is 6. The maximum absolute atomic E-state index is 13.6. The highest BCUT2D eigenvalue weighted by Crippen LogP contribution is 2.38. The smallest absolute Gasteiger partial charge is 0.416 e. The molecule has 8 nitrogen and oxygen atoms in total. The van der Waals surface area contributed by atoms with E-state index in [0.717, 1.165) is 6.07 Å². The first kappa shape index (κ1) is 28.7. The molecule has 2 aromatic carbocycles. The Bertz CT molecular complexity index is 1570. The molecule has 0 atom stereocenters. The molecule has 0 bridgehead atoms. The van der Waals surface area contributed by atoms with Crippen molar-refractivity contribution in [1.29, 1.82) is 0 Å². The van der Waals surface area contributed by atoms with Gasteiger partial charge in [-0.25, -0.2) is 0 Å². The first-order chi connectivity index (χ1) is 19.3. The number of aliphatic carboxylic acids is 1. The number of amidine groups is 1. The van der Waals surface area contributed by atoms with Crippen molar-refractivity contribution >= 4 is 45.8 Å². The van der Waals surface area contributed by atoms with Crippen molar-refractivity contribution in [3.05, 3.63) is 69.8 Å². The van der Waals surface area contributed by atoms with E-state index >= 15 is 0 Å². The van der Waals surface area contributed by atoms with E-state index in [9.17, 15) is 35.9 Å². The minimum Gasteiger partial charge on any atom is -0.480 e. The summed E-state index contributed by atoms with van der Waals surface area (Å²) in [6.45, 7) is 1.65. The maximum atomic E-state index is 13.6. The lowest BCUT2D eigenvalue weighted by Crippen LogP contribution is -2.49. The number of carbonyl (C=O) groups is 2. The average molecular weight is 598 g/mol. The molecule has 41 heavy (non-hydrogen) atoms. The molecular weight excluding hydrogens is 576 g/mol. The highest BCUT2D eigenvalue weighted by Gasteiger charge is 2.38. The first-order valence-corrected chi connectivity index (χ1v) is 13.0. The molecule has 0 saturated carbocycles. The second-order valence-electron chi connectivity index (χ2n) is 9.46. The Kier molecular flexibility index (Phi) is 7.59. The molecule has 216 valence electrons. The van der Waals surface area contributed by atoms with Crippen molar-refractivity contribution in [3.63, 3.8) is 0 Å². The monoisotopic (exact) mass is 597 g/mol. The first-order valence-electron chi connectivity index (χ1n) is 12.2. The van der Waals surface area contributed by atoms with E-state index in [1.54, 1.807) is 29.2 Å². The summed E-state index contributed by atoms with van der Waals surface area (Å²) in [7, 11) is 0. The number of benzene rings is 2. The number of nitrogens with zero attached hydrogens (tertiary/aromatic N) is 5. The molecule has 1 fully saturated rings. The predicted molar refractivity (Wildman–Crippen MR) is 139 cm³/mol. The number of aliphatic imine (C=N–C) groups is 1. The van der Waals surface area contributed by atoms with E-state index in [0.29, 0.717) is 58.8 Å². The zero-order chi connectivity index (χ0) is 29.5. The van der Waals surface area contributed by atoms with E-state index in [1.807, 2.05) is 4.90 Å². The largest absolute Gasteiger partial charge is 0.480 e. The van der Waals surface area contributed by atoms with E-state index in [1.165, 1.54) is 22.6 Å². The molecule has 15 heteroatoms. The summed E-state index contributed by atoms with van der Waals surface area (Å²) in [6, 6.07) is 6.49. The normalized spacial score (nSPS) is 18.0. The van der Waals surface area contributed by atoms with Gasteiger partial charge in [-0.05, 0) is 53.2 Å². The van der Waals surface area contributed by atoms with Crippen molar-refractivity contribution in [2.45, 2.75) is 18.9 Å². The number of aromatic nitrogens is 2. The fourth-order valence-electron chi connectivity index (χ4n) is 4.61. The van der Waals surface area contributed by atoms with Crippen LogP contribution in [0, 0.1) is 0 Å². The number of carbonyl (C=O) groups excluding carboxylic acids is 1. The molecule has 2 aliphatic rings. The Labute approximate surface area is 232 Å². The summed E-state index contributed by atoms with van der Waals surface area (Å²) in [5.74, 6) is -1.32. The molecule has 1 N–H and O–H groups in total. The van der Waals surface area contributed by atoms with Crippen molar-refractivity contribution in [2.75, 3.05) is 32.7 Å². The van der Waals surface area contributed by atoms with Gasteiger partial charge in [0.15, 0.2) is 5.17 Å². The third-order valence-corrected chi connectivity index (χ3v) is 7.68. The van der Waals surface area contributed by atoms with Crippen LogP contribution in [0.3, 0.4) is 0 Å². The fraction of sp³-hybridized carbons (Fsp3) is 0.308. The predicted octanol–water partition coefficient (Wildman–Crippen LogP) is 4.79. The van der Waals surface area contributed by atoms with Crippen LogP contribution in [0.25, 0.3) is 17.0 Å². The summed E-state index contributed by atoms with van der Waals surface area (Å²) in [5, 5.41) is 14.2. The van der Waals surface area contributed by atoms with Crippen molar-refractivity contribution in [2.24, 2.45) is 4.99 Å². The van der Waals surface area contributed by atoms with Crippen molar-refractivity contribution in [3.8, 4) is 0 Å². The Morgan fingerprint density at radius 2 is 1.73 bits per heavy atom. The number of carboxylic acid groups (broad SMARTS) is 1. The molecule has 0 aliphatic carbocycles. The maximum Gasteiger partial charge on any atom is 0.416 e. The standard InChI is InChI=1S/C26H21F6N5O3S/c27-25(28,29)18-3-2-16(19(11-18)26(30,31)32)13-37-20-4-1-15(9-17(20)12-33-37)10-21-23(40)34-24(41-21)36-7-5-35(6-8-36)14-22(38)39/h1-4,9-12H,5-8,13-14H2,(H,38,39)/b21-10-. The summed E-state index contributed by atoms with van der Waals surface area (Å²) >= 11 is 1.20. The molecule has 1 aromatic heterocycles. The summed E-state index contributed by atoms with van der Waals surface area (Å²) in [5.41, 5.74) is -2.04. The van der Waals surface area contributed by atoms with Gasteiger partial charge in [0, 0.05) is 31.6 Å². The van der Waals surface area contributed by atoms with Gasteiger partial charge in [-0.15, -0.1) is 0 Å². The summed E-state index contributed by atoms with van der Waals surface area (Å²) in [4.78, 5) is 31.7. The number of hydrogen-bond donors (Lipinski definition) is 1. The van der Waals surface area contributed by atoms with E-state index in [4.69, 9.17) is 5.11 Å². The molecule has 1 saturated heterocycles. The van der Waals surface area contributed by atoms with Gasteiger partial charge in [-0.2, -0.15) is 36.4 Å². The van der Waals surface area contributed by atoms with Gasteiger partial charge in [0.1, 0.15) is 0 Å². The number of carboxylic acids is 1. The lowest BCUT2D eigenvalue weighted by Gasteiger charge is -2.34. The van der Waals surface area contributed by atoms with Gasteiger partial charge in [0.05, 0.1) is 40.8 Å². The van der Waals surface area contributed by atoms with Crippen LogP contribution in [0.2, 0.25) is 0 Å². The SMILES string of the molecule is O=C(O)CN1CCN(C2=NC(=O)/C(=C/c3ccc4c(cnn4Cc4ccc(C(F)(F)F)cc4C(F)(F)F)c3)S2)CC1. The number of rotatable bonds is 5. The Hall–Kier alpha value is -3.85. The number of thioether (sulfide) groups is 1. The molecule has 3 aromatic rings. The van der Waals surface area contributed by atoms with Crippen LogP contribution in [0.1, 0.15) is 22.3 Å². The lowest BCUT2D eigenvalue weighted by atomic mass is 10.0. The highest BCUT2D eigenvalue weighted by atomic mass is 32.2. The topological polar surface area (TPSA) is 91.0 Å². The van der Waals surface area contributed by atoms with Crippen LogP contribution >= 0.6 is 11.8 Å². The minimum absolute atomic E-state index is 0.0512. The van der Waals surface area contributed by atoms with Crippen LogP contribution in [-0.2, 0) is 28.5 Å². The van der Waals surface area contributed by atoms with Gasteiger partial charge >= 0.3 is 18.3 Å². The number of halogens is 6. The molecule has 3 heterocycles. The molecule has 2 aliphatic heterocycles. The summed E-state index contributed by atoms with van der Waals surface area (Å²) < 4.78 is 81.0. The number of fused-ring (bicyclic) bond motifs is 1. The second-order valence-corrected chi connectivity index (χ2v) is 10.5. The minimum atomic E-state index is -4.99. The quantitative estimate of drug-likeness (QED) is 0.334. The van der Waals surface area contributed by atoms with E-state index in [2.05, 4.69) is 10.1 Å². The zero-order valence-corrected chi connectivity index (χ0v) is 21.9.